The van der Waals surface area contributed by atoms with E-state index in [1.807, 2.05) is 17.1 Å². The molecule has 0 amide bonds. The van der Waals surface area contributed by atoms with Crippen LogP contribution in [0.3, 0.4) is 0 Å². The second-order valence-electron chi connectivity index (χ2n) is 3.07. The number of nitrogens with zero attached hydrogens (tertiary/aromatic N) is 2. The SMILES string of the molecule is CCCNCc1cn(CCN)cn1. The van der Waals surface area contributed by atoms with Crippen molar-refractivity contribution in [2.24, 2.45) is 5.73 Å². The highest BCUT2D eigenvalue weighted by Gasteiger charge is 1.96. The molecule has 0 atom stereocenters. The Hall–Kier alpha value is -0.870. The Morgan fingerprint density at radius 3 is 3.15 bits per heavy atom. The van der Waals surface area contributed by atoms with Gasteiger partial charge in [-0.05, 0) is 13.0 Å². The lowest BCUT2D eigenvalue weighted by Gasteiger charge is -1.98. The van der Waals surface area contributed by atoms with Crippen LogP contribution in [-0.4, -0.2) is 22.6 Å². The molecule has 4 heteroatoms. The van der Waals surface area contributed by atoms with Crippen LogP contribution in [0, 0.1) is 0 Å². The van der Waals surface area contributed by atoms with Gasteiger partial charge in [0.05, 0.1) is 12.0 Å². The molecule has 0 aliphatic carbocycles. The molecule has 0 aliphatic rings. The van der Waals surface area contributed by atoms with Gasteiger partial charge < -0.3 is 15.6 Å². The molecular formula is C9H18N4. The van der Waals surface area contributed by atoms with Gasteiger partial charge in [-0.2, -0.15) is 0 Å². The normalized spacial score (nSPS) is 10.6. The lowest BCUT2D eigenvalue weighted by molar-refractivity contribution is 0.663. The molecule has 0 unspecified atom stereocenters. The molecule has 4 nitrogen and oxygen atoms in total. The third kappa shape index (κ3) is 3.57. The van der Waals surface area contributed by atoms with Crippen LogP contribution < -0.4 is 11.1 Å². The van der Waals surface area contributed by atoms with Crippen LogP contribution >= 0.6 is 0 Å². The molecule has 0 saturated heterocycles. The molecule has 0 saturated carbocycles. The van der Waals surface area contributed by atoms with Gasteiger partial charge in [-0.3, -0.25) is 0 Å². The smallest absolute Gasteiger partial charge is 0.0950 e. The summed E-state index contributed by atoms with van der Waals surface area (Å²) < 4.78 is 2.02. The van der Waals surface area contributed by atoms with Crippen molar-refractivity contribution in [3.8, 4) is 0 Å². The minimum atomic E-state index is 0.665. The van der Waals surface area contributed by atoms with Crippen LogP contribution in [0.5, 0.6) is 0 Å². The van der Waals surface area contributed by atoms with E-state index in [9.17, 15) is 0 Å². The van der Waals surface area contributed by atoms with Crippen molar-refractivity contribution in [3.05, 3.63) is 18.2 Å². The number of nitrogens with one attached hydrogen (secondary N) is 1. The monoisotopic (exact) mass is 182 g/mol. The number of hydrogen-bond acceptors (Lipinski definition) is 3. The Kier molecular flexibility index (Phi) is 4.49. The average Bonchev–Trinajstić information content (AvgIpc) is 2.54. The number of imidazole rings is 1. The first-order chi connectivity index (χ1) is 6.36. The van der Waals surface area contributed by atoms with Gasteiger partial charge in [0, 0.05) is 25.8 Å². The molecule has 1 aromatic rings. The molecule has 0 aliphatic heterocycles. The van der Waals surface area contributed by atoms with E-state index in [-0.39, 0.29) is 0 Å². The summed E-state index contributed by atoms with van der Waals surface area (Å²) in [6.07, 6.45) is 5.02. The quantitative estimate of drug-likeness (QED) is 0.624. The minimum Gasteiger partial charge on any atom is -0.336 e. The van der Waals surface area contributed by atoms with Crippen molar-refractivity contribution in [2.75, 3.05) is 13.1 Å². The molecule has 0 spiro atoms. The fourth-order valence-electron chi connectivity index (χ4n) is 1.16. The van der Waals surface area contributed by atoms with E-state index in [2.05, 4.69) is 17.2 Å². The first-order valence-electron chi connectivity index (χ1n) is 4.78. The number of rotatable bonds is 6. The van der Waals surface area contributed by atoms with Crippen LogP contribution in [0.4, 0.5) is 0 Å². The van der Waals surface area contributed by atoms with Crippen molar-refractivity contribution in [1.29, 1.82) is 0 Å². The van der Waals surface area contributed by atoms with E-state index in [1.54, 1.807) is 0 Å². The Morgan fingerprint density at radius 1 is 1.62 bits per heavy atom. The molecule has 0 bridgehead atoms. The van der Waals surface area contributed by atoms with Gasteiger partial charge in [0.25, 0.3) is 0 Å². The Bertz CT molecular complexity index is 231. The molecule has 1 rings (SSSR count). The van der Waals surface area contributed by atoms with Crippen molar-refractivity contribution in [3.63, 3.8) is 0 Å². The Morgan fingerprint density at radius 2 is 2.46 bits per heavy atom. The summed E-state index contributed by atoms with van der Waals surface area (Å²) in [7, 11) is 0. The van der Waals surface area contributed by atoms with Gasteiger partial charge in [0.2, 0.25) is 0 Å². The number of hydrogen-bond donors (Lipinski definition) is 2. The first-order valence-corrected chi connectivity index (χ1v) is 4.78. The fourth-order valence-corrected chi connectivity index (χ4v) is 1.16. The van der Waals surface area contributed by atoms with E-state index in [0.29, 0.717) is 6.54 Å². The number of nitrogens with two attached hydrogens (primary N) is 1. The molecule has 0 aromatic carbocycles. The van der Waals surface area contributed by atoms with E-state index < -0.39 is 0 Å². The fraction of sp³-hybridized carbons (Fsp3) is 0.667. The molecular weight excluding hydrogens is 164 g/mol. The van der Waals surface area contributed by atoms with Crippen LogP contribution in [-0.2, 0) is 13.1 Å². The van der Waals surface area contributed by atoms with E-state index in [0.717, 1.165) is 31.7 Å². The maximum atomic E-state index is 5.43. The number of aromatic nitrogens is 2. The largest absolute Gasteiger partial charge is 0.336 e. The van der Waals surface area contributed by atoms with Gasteiger partial charge in [-0.25, -0.2) is 4.98 Å². The predicted molar refractivity (Wildman–Crippen MR) is 53.3 cm³/mol. The zero-order chi connectivity index (χ0) is 9.52. The average molecular weight is 182 g/mol. The first kappa shape index (κ1) is 10.2. The second-order valence-corrected chi connectivity index (χ2v) is 3.07. The summed E-state index contributed by atoms with van der Waals surface area (Å²) in [6, 6.07) is 0. The minimum absolute atomic E-state index is 0.665. The van der Waals surface area contributed by atoms with E-state index in [4.69, 9.17) is 5.73 Å². The molecule has 0 fully saturated rings. The summed E-state index contributed by atoms with van der Waals surface area (Å²) in [5.74, 6) is 0. The van der Waals surface area contributed by atoms with Crippen molar-refractivity contribution in [1.82, 2.24) is 14.9 Å². The van der Waals surface area contributed by atoms with Crippen molar-refractivity contribution in [2.45, 2.75) is 26.4 Å². The van der Waals surface area contributed by atoms with Gasteiger partial charge in [0.15, 0.2) is 0 Å². The lowest BCUT2D eigenvalue weighted by Crippen LogP contribution is -2.14. The molecule has 74 valence electrons. The highest BCUT2D eigenvalue weighted by atomic mass is 15.0. The maximum Gasteiger partial charge on any atom is 0.0950 e. The van der Waals surface area contributed by atoms with Gasteiger partial charge >= 0.3 is 0 Å². The predicted octanol–water partition coefficient (Wildman–Crippen LogP) is 0.341. The Labute approximate surface area is 79.1 Å². The zero-order valence-electron chi connectivity index (χ0n) is 8.16. The lowest BCUT2D eigenvalue weighted by atomic mass is 10.4. The standard InChI is InChI=1S/C9H18N4/c1-2-4-11-6-9-7-13(5-3-10)8-12-9/h7-8,11H,2-6,10H2,1H3. The van der Waals surface area contributed by atoms with Gasteiger partial charge in [-0.1, -0.05) is 6.92 Å². The van der Waals surface area contributed by atoms with Gasteiger partial charge in [0.1, 0.15) is 0 Å². The van der Waals surface area contributed by atoms with Crippen LogP contribution in [0.2, 0.25) is 0 Å². The van der Waals surface area contributed by atoms with Crippen LogP contribution in [0.15, 0.2) is 12.5 Å². The second kappa shape index (κ2) is 5.72. The van der Waals surface area contributed by atoms with E-state index in [1.165, 1.54) is 0 Å². The molecule has 13 heavy (non-hydrogen) atoms. The third-order valence-corrected chi connectivity index (χ3v) is 1.81. The van der Waals surface area contributed by atoms with Gasteiger partial charge in [-0.15, -0.1) is 0 Å². The highest BCUT2D eigenvalue weighted by molar-refractivity contribution is 4.95. The summed E-state index contributed by atoms with van der Waals surface area (Å²) in [6.45, 7) is 5.56. The topological polar surface area (TPSA) is 55.9 Å². The summed E-state index contributed by atoms with van der Waals surface area (Å²) in [5, 5.41) is 3.30. The van der Waals surface area contributed by atoms with Crippen molar-refractivity contribution >= 4 is 0 Å². The molecule has 3 N–H and O–H groups in total. The maximum absolute atomic E-state index is 5.43. The van der Waals surface area contributed by atoms with Crippen LogP contribution in [0.25, 0.3) is 0 Å². The Balaban J connectivity index is 2.31. The van der Waals surface area contributed by atoms with Crippen LogP contribution in [0.1, 0.15) is 19.0 Å². The third-order valence-electron chi connectivity index (χ3n) is 1.81. The summed E-state index contributed by atoms with van der Waals surface area (Å²) in [4.78, 5) is 4.25. The summed E-state index contributed by atoms with van der Waals surface area (Å²) in [5.41, 5.74) is 6.51. The van der Waals surface area contributed by atoms with E-state index >= 15 is 0 Å². The molecule has 0 radical (unpaired) electrons. The summed E-state index contributed by atoms with van der Waals surface area (Å²) >= 11 is 0. The van der Waals surface area contributed by atoms with Crippen molar-refractivity contribution < 1.29 is 0 Å². The molecule has 1 heterocycles. The molecule has 1 aromatic heterocycles. The zero-order valence-corrected chi connectivity index (χ0v) is 8.16. The highest BCUT2D eigenvalue weighted by Crippen LogP contribution is 1.94.